The van der Waals surface area contributed by atoms with Crippen LogP contribution in [0.25, 0.3) is 0 Å². The van der Waals surface area contributed by atoms with Crippen LogP contribution in [-0.4, -0.2) is 37.1 Å². The Balaban J connectivity index is 2.18. The summed E-state index contributed by atoms with van der Waals surface area (Å²) in [5.74, 6) is 1.55. The first-order valence-electron chi connectivity index (χ1n) is 8.03. The van der Waals surface area contributed by atoms with Crippen molar-refractivity contribution in [1.82, 2.24) is 10.2 Å². The molecule has 0 aliphatic heterocycles. The highest BCUT2D eigenvalue weighted by atomic mass is 15.1. The Morgan fingerprint density at radius 2 is 1.50 bits per heavy atom. The third-order valence-corrected chi connectivity index (χ3v) is 3.71. The molecule has 1 saturated carbocycles. The first-order valence-corrected chi connectivity index (χ1v) is 8.03. The zero-order valence-corrected chi connectivity index (χ0v) is 13.0. The predicted octanol–water partition coefficient (Wildman–Crippen LogP) is 3.52. The molecule has 1 fully saturated rings. The van der Waals surface area contributed by atoms with E-state index in [2.05, 4.69) is 37.9 Å². The van der Waals surface area contributed by atoms with Crippen LogP contribution in [0.1, 0.15) is 59.8 Å². The molecule has 0 amide bonds. The Bertz CT molecular complexity index is 185. The summed E-state index contributed by atoms with van der Waals surface area (Å²) in [6.07, 6.45) is 7.10. The van der Waals surface area contributed by atoms with Gasteiger partial charge in [-0.25, -0.2) is 0 Å². The summed E-state index contributed by atoms with van der Waals surface area (Å²) in [6, 6.07) is 0.804. The number of hydrogen-bond donors (Lipinski definition) is 1. The zero-order chi connectivity index (χ0) is 13.4. The smallest absolute Gasteiger partial charge is 0.0107 e. The minimum atomic E-state index is 0.776. The minimum absolute atomic E-state index is 0.776. The summed E-state index contributed by atoms with van der Waals surface area (Å²) >= 11 is 0. The Morgan fingerprint density at radius 3 is 2.00 bits per heavy atom. The van der Waals surface area contributed by atoms with Crippen LogP contribution in [0.15, 0.2) is 0 Å². The molecule has 1 aliphatic rings. The molecule has 2 nitrogen and oxygen atoms in total. The van der Waals surface area contributed by atoms with E-state index in [4.69, 9.17) is 0 Å². The van der Waals surface area contributed by atoms with E-state index in [0.717, 1.165) is 17.9 Å². The highest BCUT2D eigenvalue weighted by Gasteiger charge is 2.13. The average Bonchev–Trinajstić information content (AvgIpc) is 2.28. The molecule has 0 saturated heterocycles. The molecule has 0 bridgehead atoms. The molecule has 1 N–H and O–H groups in total. The summed E-state index contributed by atoms with van der Waals surface area (Å²) in [5.41, 5.74) is 0. The van der Waals surface area contributed by atoms with Gasteiger partial charge in [0.05, 0.1) is 0 Å². The first-order chi connectivity index (χ1) is 8.58. The third kappa shape index (κ3) is 7.38. The van der Waals surface area contributed by atoms with Gasteiger partial charge < -0.3 is 10.2 Å². The lowest BCUT2D eigenvalue weighted by atomic mass is 9.95. The van der Waals surface area contributed by atoms with E-state index < -0.39 is 0 Å². The van der Waals surface area contributed by atoms with Crippen molar-refractivity contribution in [3.05, 3.63) is 0 Å². The maximum Gasteiger partial charge on any atom is 0.0107 e. The van der Waals surface area contributed by atoms with Gasteiger partial charge in [-0.05, 0) is 24.7 Å². The van der Waals surface area contributed by atoms with E-state index in [1.807, 2.05) is 0 Å². The molecule has 0 unspecified atom stereocenters. The van der Waals surface area contributed by atoms with Crippen molar-refractivity contribution in [3.63, 3.8) is 0 Å². The summed E-state index contributed by atoms with van der Waals surface area (Å²) < 4.78 is 0. The molecule has 1 rings (SSSR count). The predicted molar refractivity (Wildman–Crippen MR) is 81.0 cm³/mol. The van der Waals surface area contributed by atoms with Crippen molar-refractivity contribution >= 4 is 0 Å². The Labute approximate surface area is 115 Å². The van der Waals surface area contributed by atoms with Crippen molar-refractivity contribution < 1.29 is 0 Å². The van der Waals surface area contributed by atoms with Gasteiger partial charge in [-0.15, -0.1) is 0 Å². The van der Waals surface area contributed by atoms with Crippen molar-refractivity contribution in [2.75, 3.05) is 26.2 Å². The topological polar surface area (TPSA) is 15.3 Å². The number of nitrogens with zero attached hydrogens (tertiary/aromatic N) is 1. The lowest BCUT2D eigenvalue weighted by Crippen LogP contribution is -2.40. The molecular formula is C16H34N2. The molecule has 1 aliphatic carbocycles. The lowest BCUT2D eigenvalue weighted by Gasteiger charge is -2.28. The molecule has 0 aromatic heterocycles. The first kappa shape index (κ1) is 16.0. The standard InChI is InChI=1S/C16H34N2/c1-14(2)12-18(13-15(3)4)11-10-17-16-8-6-5-7-9-16/h14-17H,5-13H2,1-4H3. The fourth-order valence-electron chi connectivity index (χ4n) is 3.02. The van der Waals surface area contributed by atoms with Gasteiger partial charge >= 0.3 is 0 Å². The second-order valence-electron chi connectivity index (χ2n) is 6.84. The minimum Gasteiger partial charge on any atom is -0.313 e. The van der Waals surface area contributed by atoms with Crippen LogP contribution < -0.4 is 5.32 Å². The van der Waals surface area contributed by atoms with Gasteiger partial charge in [-0.2, -0.15) is 0 Å². The second kappa shape index (κ2) is 8.92. The van der Waals surface area contributed by atoms with Crippen molar-refractivity contribution in [2.24, 2.45) is 11.8 Å². The van der Waals surface area contributed by atoms with Crippen LogP contribution in [0.4, 0.5) is 0 Å². The Hall–Kier alpha value is -0.0800. The van der Waals surface area contributed by atoms with Crippen LogP contribution in [0.2, 0.25) is 0 Å². The Morgan fingerprint density at radius 1 is 0.944 bits per heavy atom. The van der Waals surface area contributed by atoms with Gasteiger partial charge in [0.15, 0.2) is 0 Å². The summed E-state index contributed by atoms with van der Waals surface area (Å²) in [6.45, 7) is 14.2. The van der Waals surface area contributed by atoms with Gasteiger partial charge in [-0.1, -0.05) is 47.0 Å². The molecule has 0 atom stereocenters. The SMILES string of the molecule is CC(C)CN(CCNC1CCCCC1)CC(C)C. The quantitative estimate of drug-likeness (QED) is 0.713. The van der Waals surface area contributed by atoms with Crippen molar-refractivity contribution in [3.8, 4) is 0 Å². The van der Waals surface area contributed by atoms with Gasteiger partial charge in [0.25, 0.3) is 0 Å². The number of rotatable bonds is 8. The van der Waals surface area contributed by atoms with E-state index in [-0.39, 0.29) is 0 Å². The molecule has 0 heterocycles. The van der Waals surface area contributed by atoms with Gasteiger partial charge in [0.2, 0.25) is 0 Å². The van der Waals surface area contributed by atoms with E-state index in [0.29, 0.717) is 0 Å². The summed E-state index contributed by atoms with van der Waals surface area (Å²) in [5, 5.41) is 3.76. The van der Waals surface area contributed by atoms with Crippen LogP contribution in [-0.2, 0) is 0 Å². The van der Waals surface area contributed by atoms with Crippen LogP contribution >= 0.6 is 0 Å². The van der Waals surface area contributed by atoms with Gasteiger partial charge in [0, 0.05) is 32.2 Å². The molecule has 0 aromatic carbocycles. The van der Waals surface area contributed by atoms with E-state index in [9.17, 15) is 0 Å². The molecule has 0 radical (unpaired) electrons. The average molecular weight is 254 g/mol. The largest absolute Gasteiger partial charge is 0.313 e. The van der Waals surface area contributed by atoms with Crippen molar-refractivity contribution in [1.29, 1.82) is 0 Å². The van der Waals surface area contributed by atoms with Gasteiger partial charge in [0.1, 0.15) is 0 Å². The Kier molecular flexibility index (Phi) is 7.92. The fraction of sp³-hybridized carbons (Fsp3) is 1.00. The number of nitrogens with one attached hydrogen (secondary N) is 1. The van der Waals surface area contributed by atoms with E-state index in [1.165, 1.54) is 58.3 Å². The molecule has 108 valence electrons. The maximum absolute atomic E-state index is 3.76. The van der Waals surface area contributed by atoms with Gasteiger partial charge in [-0.3, -0.25) is 0 Å². The fourth-order valence-corrected chi connectivity index (χ4v) is 3.02. The van der Waals surface area contributed by atoms with Crippen molar-refractivity contribution in [2.45, 2.75) is 65.8 Å². The summed E-state index contributed by atoms with van der Waals surface area (Å²) in [4.78, 5) is 2.63. The second-order valence-corrected chi connectivity index (χ2v) is 6.84. The lowest BCUT2D eigenvalue weighted by molar-refractivity contribution is 0.214. The monoisotopic (exact) mass is 254 g/mol. The zero-order valence-electron chi connectivity index (χ0n) is 13.0. The maximum atomic E-state index is 3.76. The molecule has 0 spiro atoms. The molecule has 18 heavy (non-hydrogen) atoms. The molecule has 2 heteroatoms. The summed E-state index contributed by atoms with van der Waals surface area (Å²) in [7, 11) is 0. The highest BCUT2D eigenvalue weighted by Crippen LogP contribution is 2.17. The van der Waals surface area contributed by atoms with E-state index in [1.54, 1.807) is 0 Å². The normalized spacial score (nSPS) is 18.2. The third-order valence-electron chi connectivity index (χ3n) is 3.71. The molecular weight excluding hydrogens is 220 g/mol. The van der Waals surface area contributed by atoms with Crippen LogP contribution in [0.5, 0.6) is 0 Å². The highest BCUT2D eigenvalue weighted by molar-refractivity contribution is 4.73. The number of hydrogen-bond acceptors (Lipinski definition) is 2. The molecule has 0 aromatic rings. The van der Waals surface area contributed by atoms with E-state index >= 15 is 0 Å². The van der Waals surface area contributed by atoms with Crippen LogP contribution in [0, 0.1) is 11.8 Å². The van der Waals surface area contributed by atoms with Crippen LogP contribution in [0.3, 0.4) is 0 Å².